The smallest absolute Gasteiger partial charge is 0.254 e. The maximum Gasteiger partial charge on any atom is 0.254 e. The van der Waals surface area contributed by atoms with E-state index in [9.17, 15) is 4.79 Å². The molecule has 0 spiro atoms. The number of hydrogen-bond acceptors (Lipinski definition) is 5. The van der Waals surface area contributed by atoms with Crippen LogP contribution in [0.2, 0.25) is 0 Å². The Morgan fingerprint density at radius 3 is 2.62 bits per heavy atom. The van der Waals surface area contributed by atoms with Gasteiger partial charge in [0.1, 0.15) is 11.0 Å². The van der Waals surface area contributed by atoms with Crippen molar-refractivity contribution in [2.24, 2.45) is 0 Å². The van der Waals surface area contributed by atoms with Gasteiger partial charge in [-0.1, -0.05) is 0 Å². The van der Waals surface area contributed by atoms with Crippen molar-refractivity contribution in [3.63, 3.8) is 0 Å². The fourth-order valence-electron chi connectivity index (χ4n) is 4.26. The van der Waals surface area contributed by atoms with Gasteiger partial charge in [-0.2, -0.15) is 13.8 Å². The molecule has 2 saturated heterocycles. The van der Waals surface area contributed by atoms with E-state index < -0.39 is 0 Å². The molecule has 5 rings (SSSR count). The van der Waals surface area contributed by atoms with Crippen molar-refractivity contribution >= 4 is 28.7 Å². The zero-order valence-electron chi connectivity index (χ0n) is 13.1. The summed E-state index contributed by atoms with van der Waals surface area (Å²) in [6.07, 6.45) is 8.03. The van der Waals surface area contributed by atoms with Gasteiger partial charge in [0.25, 0.3) is 5.91 Å². The van der Waals surface area contributed by atoms with Gasteiger partial charge >= 0.3 is 0 Å². The van der Waals surface area contributed by atoms with E-state index in [0.29, 0.717) is 18.1 Å². The molecule has 4 heterocycles. The number of fused-ring (bicyclic) bond motifs is 3. The number of nitrogens with zero attached hydrogens (tertiary/aromatic N) is 5. The molecule has 0 saturated carbocycles. The summed E-state index contributed by atoms with van der Waals surface area (Å²) in [6, 6.07) is 8.66. The summed E-state index contributed by atoms with van der Waals surface area (Å²) in [7, 11) is 0. The van der Waals surface area contributed by atoms with Crippen molar-refractivity contribution < 1.29 is 4.79 Å². The molecule has 6 nitrogen and oxygen atoms in total. The largest absolute Gasteiger partial charge is 0.333 e. The van der Waals surface area contributed by atoms with Crippen LogP contribution in [-0.2, 0) is 0 Å². The Morgan fingerprint density at radius 2 is 1.88 bits per heavy atom. The monoisotopic (exact) mass is 339 g/mol. The van der Waals surface area contributed by atoms with Crippen molar-refractivity contribution in [2.75, 3.05) is 0 Å². The standard InChI is InChI=1S/C17H17N5OS/c23-17(11-2-5-15-16(8-11)20-24-19-15)22-12-3-4-13(22)10-14(9-12)21-7-1-6-18-21/h1-2,5-8,12-14H,3-4,9-10H2. The summed E-state index contributed by atoms with van der Waals surface area (Å²) in [4.78, 5) is 15.2. The van der Waals surface area contributed by atoms with Crippen molar-refractivity contribution in [3.05, 3.63) is 42.2 Å². The Morgan fingerprint density at radius 1 is 1.08 bits per heavy atom. The van der Waals surface area contributed by atoms with Gasteiger partial charge in [0.05, 0.1) is 17.8 Å². The van der Waals surface area contributed by atoms with Crippen molar-refractivity contribution in [2.45, 2.75) is 43.8 Å². The molecule has 2 bridgehead atoms. The minimum Gasteiger partial charge on any atom is -0.333 e. The summed E-state index contributed by atoms with van der Waals surface area (Å²) in [5, 5.41) is 4.39. The number of hydrogen-bond donors (Lipinski definition) is 0. The zero-order valence-corrected chi connectivity index (χ0v) is 13.9. The number of rotatable bonds is 2. The second-order valence-electron chi connectivity index (χ2n) is 6.68. The lowest BCUT2D eigenvalue weighted by Crippen LogP contribution is -2.47. The maximum atomic E-state index is 13.1. The summed E-state index contributed by atoms with van der Waals surface area (Å²) in [6.45, 7) is 0. The highest BCUT2D eigenvalue weighted by Crippen LogP contribution is 2.41. The number of aromatic nitrogens is 4. The highest BCUT2D eigenvalue weighted by atomic mass is 32.1. The van der Waals surface area contributed by atoms with Crippen LogP contribution >= 0.6 is 11.7 Å². The number of amides is 1. The van der Waals surface area contributed by atoms with Crippen LogP contribution in [0, 0.1) is 0 Å². The van der Waals surface area contributed by atoms with Crippen LogP contribution in [0.1, 0.15) is 42.1 Å². The highest BCUT2D eigenvalue weighted by Gasteiger charge is 2.44. The van der Waals surface area contributed by atoms with Gasteiger partial charge < -0.3 is 4.90 Å². The quantitative estimate of drug-likeness (QED) is 0.720. The van der Waals surface area contributed by atoms with E-state index in [-0.39, 0.29) is 5.91 Å². The van der Waals surface area contributed by atoms with Gasteiger partial charge in [0.15, 0.2) is 0 Å². The zero-order chi connectivity index (χ0) is 16.1. The first-order valence-corrected chi connectivity index (χ1v) is 9.07. The van der Waals surface area contributed by atoms with Crippen LogP contribution < -0.4 is 0 Å². The molecule has 0 aliphatic carbocycles. The van der Waals surface area contributed by atoms with E-state index >= 15 is 0 Å². The Hall–Kier alpha value is -2.28. The van der Waals surface area contributed by atoms with Crippen LogP contribution in [0.5, 0.6) is 0 Å². The van der Waals surface area contributed by atoms with Gasteiger partial charge in [-0.3, -0.25) is 9.48 Å². The van der Waals surface area contributed by atoms with E-state index in [1.165, 1.54) is 11.7 Å². The van der Waals surface area contributed by atoms with Gasteiger partial charge in [-0.15, -0.1) is 0 Å². The molecule has 0 radical (unpaired) electrons. The highest BCUT2D eigenvalue weighted by molar-refractivity contribution is 7.00. The fraction of sp³-hybridized carbons (Fsp3) is 0.412. The third-order valence-corrected chi connectivity index (χ3v) is 5.90. The molecular weight excluding hydrogens is 322 g/mol. The normalized spacial score (nSPS) is 26.2. The number of carbonyl (C=O) groups is 1. The third kappa shape index (κ3) is 2.15. The first-order chi connectivity index (χ1) is 11.8. The molecule has 1 amide bonds. The number of benzene rings is 1. The SMILES string of the molecule is O=C(c1ccc2nsnc2c1)N1C2CCC1CC(n1cccn1)C2. The van der Waals surface area contributed by atoms with Crippen molar-refractivity contribution in [3.8, 4) is 0 Å². The molecule has 2 aromatic heterocycles. The maximum absolute atomic E-state index is 13.1. The van der Waals surface area contributed by atoms with Crippen LogP contribution in [0.25, 0.3) is 11.0 Å². The Bertz CT molecular complexity index is 875. The first kappa shape index (κ1) is 14.1. The topological polar surface area (TPSA) is 63.9 Å². The van der Waals surface area contributed by atoms with E-state index in [1.54, 1.807) is 0 Å². The van der Waals surface area contributed by atoms with Crippen LogP contribution in [-0.4, -0.2) is 41.4 Å². The van der Waals surface area contributed by atoms with Crippen molar-refractivity contribution in [1.82, 2.24) is 23.4 Å². The molecule has 1 aromatic carbocycles. The lowest BCUT2D eigenvalue weighted by Gasteiger charge is -2.39. The minimum absolute atomic E-state index is 0.135. The van der Waals surface area contributed by atoms with Gasteiger partial charge in [0.2, 0.25) is 0 Å². The average molecular weight is 339 g/mol. The van der Waals surface area contributed by atoms with Gasteiger partial charge in [-0.25, -0.2) is 0 Å². The Balaban J connectivity index is 1.42. The average Bonchev–Trinajstić information content (AvgIpc) is 3.33. The predicted molar refractivity (Wildman–Crippen MR) is 90.9 cm³/mol. The molecule has 2 aliphatic heterocycles. The summed E-state index contributed by atoms with van der Waals surface area (Å²) >= 11 is 1.19. The van der Waals surface area contributed by atoms with Crippen LogP contribution in [0.15, 0.2) is 36.7 Å². The van der Waals surface area contributed by atoms with E-state index in [2.05, 4.69) is 23.4 Å². The van der Waals surface area contributed by atoms with E-state index in [0.717, 1.165) is 42.3 Å². The molecule has 2 atom stereocenters. The molecule has 2 unspecified atom stereocenters. The van der Waals surface area contributed by atoms with Crippen LogP contribution in [0.4, 0.5) is 0 Å². The summed E-state index contributed by atoms with van der Waals surface area (Å²) in [5.41, 5.74) is 2.39. The third-order valence-electron chi connectivity index (χ3n) is 5.34. The molecule has 2 fully saturated rings. The van der Waals surface area contributed by atoms with Crippen molar-refractivity contribution in [1.29, 1.82) is 0 Å². The Kier molecular flexibility index (Phi) is 3.16. The molecule has 122 valence electrons. The molecule has 24 heavy (non-hydrogen) atoms. The van der Waals surface area contributed by atoms with Crippen LogP contribution in [0.3, 0.4) is 0 Å². The van der Waals surface area contributed by atoms with Gasteiger partial charge in [0, 0.05) is 30.0 Å². The molecule has 7 heteroatoms. The second-order valence-corrected chi connectivity index (χ2v) is 7.20. The van der Waals surface area contributed by atoms with Gasteiger partial charge in [-0.05, 0) is 49.9 Å². The van der Waals surface area contributed by atoms with E-state index in [1.807, 2.05) is 36.7 Å². The number of piperidine rings is 1. The lowest BCUT2D eigenvalue weighted by atomic mass is 9.96. The second kappa shape index (κ2) is 5.37. The molecule has 0 N–H and O–H groups in total. The summed E-state index contributed by atoms with van der Waals surface area (Å²) in [5.74, 6) is 0.135. The fourth-order valence-corrected chi connectivity index (χ4v) is 4.77. The number of carbonyl (C=O) groups excluding carboxylic acids is 1. The summed E-state index contributed by atoms with van der Waals surface area (Å²) < 4.78 is 10.5. The molecule has 2 aliphatic rings. The van der Waals surface area contributed by atoms with E-state index in [4.69, 9.17) is 0 Å². The lowest BCUT2D eigenvalue weighted by molar-refractivity contribution is 0.0524. The molecular formula is C17H17N5OS. The Labute approximate surface area is 143 Å². The predicted octanol–water partition coefficient (Wildman–Crippen LogP) is 2.90. The minimum atomic E-state index is 0.135. The first-order valence-electron chi connectivity index (χ1n) is 8.34. The molecule has 3 aromatic rings.